The van der Waals surface area contributed by atoms with Crippen LogP contribution in [0.1, 0.15) is 37.9 Å². The molecular formula is C14H22N2. The summed E-state index contributed by atoms with van der Waals surface area (Å²) >= 11 is 0. The Morgan fingerprint density at radius 2 is 2.19 bits per heavy atom. The molecule has 1 saturated carbocycles. The highest BCUT2D eigenvalue weighted by atomic mass is 14.9. The van der Waals surface area contributed by atoms with Gasteiger partial charge in [0.15, 0.2) is 0 Å². The third-order valence-electron chi connectivity index (χ3n) is 4.03. The number of rotatable bonds is 5. The van der Waals surface area contributed by atoms with Gasteiger partial charge in [-0.25, -0.2) is 0 Å². The lowest BCUT2D eigenvalue weighted by Gasteiger charge is -2.20. The van der Waals surface area contributed by atoms with E-state index in [1.54, 1.807) is 0 Å². The Labute approximate surface area is 98.5 Å². The van der Waals surface area contributed by atoms with Gasteiger partial charge in [0, 0.05) is 25.0 Å². The van der Waals surface area contributed by atoms with Gasteiger partial charge < -0.3 is 5.32 Å². The fraction of sp³-hybridized carbons (Fsp3) is 0.643. The molecule has 0 saturated heterocycles. The van der Waals surface area contributed by atoms with Gasteiger partial charge in [0.05, 0.1) is 0 Å². The third-order valence-corrected chi connectivity index (χ3v) is 4.03. The molecule has 0 spiro atoms. The van der Waals surface area contributed by atoms with Crippen molar-refractivity contribution in [3.63, 3.8) is 0 Å². The van der Waals surface area contributed by atoms with Gasteiger partial charge in [0.25, 0.3) is 0 Å². The zero-order valence-corrected chi connectivity index (χ0v) is 10.6. The Hall–Kier alpha value is -0.890. The summed E-state index contributed by atoms with van der Waals surface area (Å²) in [5.74, 6) is 0.801. The number of nitrogens with one attached hydrogen (secondary N) is 1. The Morgan fingerprint density at radius 3 is 2.75 bits per heavy atom. The Morgan fingerprint density at radius 1 is 1.44 bits per heavy atom. The maximum Gasteiger partial charge on any atom is 0.0417 e. The summed E-state index contributed by atoms with van der Waals surface area (Å²) in [7, 11) is 0. The van der Waals surface area contributed by atoms with Crippen LogP contribution in [0.5, 0.6) is 0 Å². The van der Waals surface area contributed by atoms with Crippen LogP contribution in [0, 0.1) is 18.3 Å². The Kier molecular flexibility index (Phi) is 3.29. The van der Waals surface area contributed by atoms with E-state index in [-0.39, 0.29) is 0 Å². The van der Waals surface area contributed by atoms with Gasteiger partial charge in [0.2, 0.25) is 0 Å². The number of hydrogen-bond acceptors (Lipinski definition) is 2. The molecule has 0 aliphatic heterocycles. The molecule has 1 N–H and O–H groups in total. The van der Waals surface area contributed by atoms with Gasteiger partial charge >= 0.3 is 0 Å². The lowest BCUT2D eigenvalue weighted by atomic mass is 9.92. The average molecular weight is 218 g/mol. The second kappa shape index (κ2) is 4.54. The summed E-state index contributed by atoms with van der Waals surface area (Å²) in [6.45, 7) is 8.85. The molecule has 0 aromatic carbocycles. The van der Waals surface area contributed by atoms with Crippen molar-refractivity contribution in [2.75, 3.05) is 6.54 Å². The molecule has 88 valence electrons. The van der Waals surface area contributed by atoms with Crippen LogP contribution >= 0.6 is 0 Å². The monoisotopic (exact) mass is 218 g/mol. The summed E-state index contributed by atoms with van der Waals surface area (Å²) in [5.41, 5.74) is 3.06. The minimum atomic E-state index is 0.593. The van der Waals surface area contributed by atoms with Crippen molar-refractivity contribution in [1.82, 2.24) is 10.3 Å². The number of aromatic nitrogens is 1. The topological polar surface area (TPSA) is 24.9 Å². The van der Waals surface area contributed by atoms with Crippen LogP contribution in [-0.4, -0.2) is 11.5 Å². The predicted molar refractivity (Wildman–Crippen MR) is 67.2 cm³/mol. The molecule has 1 aliphatic rings. The van der Waals surface area contributed by atoms with E-state index < -0.39 is 0 Å². The number of aryl methyl sites for hydroxylation is 1. The zero-order chi connectivity index (χ0) is 11.6. The van der Waals surface area contributed by atoms with E-state index in [1.807, 2.05) is 12.3 Å². The Balaban J connectivity index is 1.83. The molecule has 0 radical (unpaired) electrons. The highest BCUT2D eigenvalue weighted by Crippen LogP contribution is 2.51. The molecule has 2 heteroatoms. The van der Waals surface area contributed by atoms with Crippen molar-refractivity contribution in [1.29, 1.82) is 0 Å². The van der Waals surface area contributed by atoms with E-state index in [2.05, 4.69) is 37.1 Å². The van der Waals surface area contributed by atoms with Gasteiger partial charge in [0.1, 0.15) is 0 Å². The van der Waals surface area contributed by atoms with Gasteiger partial charge in [-0.15, -0.1) is 0 Å². The first-order valence-electron chi connectivity index (χ1n) is 6.25. The molecule has 0 bridgehead atoms. The molecule has 2 nitrogen and oxygen atoms in total. The van der Waals surface area contributed by atoms with Crippen LogP contribution in [-0.2, 0) is 6.54 Å². The van der Waals surface area contributed by atoms with Crippen LogP contribution in [0.4, 0.5) is 0 Å². The van der Waals surface area contributed by atoms with Gasteiger partial charge in [-0.05, 0) is 42.7 Å². The molecule has 0 amide bonds. The molecule has 2 rings (SSSR count). The van der Waals surface area contributed by atoms with Crippen molar-refractivity contribution >= 4 is 0 Å². The summed E-state index contributed by atoms with van der Waals surface area (Å²) in [5, 5.41) is 3.59. The molecular weight excluding hydrogens is 196 g/mol. The van der Waals surface area contributed by atoms with Crippen molar-refractivity contribution in [2.45, 2.75) is 40.2 Å². The summed E-state index contributed by atoms with van der Waals surface area (Å²) < 4.78 is 0. The fourth-order valence-corrected chi connectivity index (χ4v) is 2.27. The maximum atomic E-state index is 4.30. The van der Waals surface area contributed by atoms with Crippen molar-refractivity contribution in [3.05, 3.63) is 29.6 Å². The minimum absolute atomic E-state index is 0.593. The molecule has 16 heavy (non-hydrogen) atoms. The molecule has 1 aromatic rings. The first-order valence-corrected chi connectivity index (χ1v) is 6.25. The first-order chi connectivity index (χ1) is 7.64. The number of pyridine rings is 1. The van der Waals surface area contributed by atoms with Crippen LogP contribution in [0.2, 0.25) is 0 Å². The third kappa shape index (κ3) is 2.43. The van der Waals surface area contributed by atoms with Crippen LogP contribution in [0.15, 0.2) is 18.3 Å². The van der Waals surface area contributed by atoms with Crippen molar-refractivity contribution in [2.24, 2.45) is 11.3 Å². The molecule has 0 unspecified atom stereocenters. The smallest absolute Gasteiger partial charge is 0.0417 e. The van der Waals surface area contributed by atoms with E-state index >= 15 is 0 Å². The predicted octanol–water partition coefficient (Wildman–Crippen LogP) is 2.92. The van der Waals surface area contributed by atoms with Crippen molar-refractivity contribution < 1.29 is 0 Å². The number of nitrogens with zero attached hydrogens (tertiary/aromatic N) is 1. The van der Waals surface area contributed by atoms with Gasteiger partial charge in [-0.2, -0.15) is 0 Å². The van der Waals surface area contributed by atoms with Gasteiger partial charge in [-0.1, -0.05) is 19.9 Å². The SMILES string of the molecule is Cc1ncccc1CNCC1(C(C)C)CC1. The Bertz CT molecular complexity index is 354. The highest BCUT2D eigenvalue weighted by Gasteiger charge is 2.44. The molecule has 1 heterocycles. The average Bonchev–Trinajstić information content (AvgIpc) is 3.02. The number of hydrogen-bond donors (Lipinski definition) is 1. The summed E-state index contributed by atoms with van der Waals surface area (Å²) in [4.78, 5) is 4.30. The van der Waals surface area contributed by atoms with E-state index in [1.165, 1.54) is 18.4 Å². The first kappa shape index (κ1) is 11.6. The van der Waals surface area contributed by atoms with E-state index in [4.69, 9.17) is 0 Å². The van der Waals surface area contributed by atoms with Crippen LogP contribution in [0.25, 0.3) is 0 Å². The van der Waals surface area contributed by atoms with E-state index in [0.29, 0.717) is 5.41 Å². The van der Waals surface area contributed by atoms with Crippen molar-refractivity contribution in [3.8, 4) is 0 Å². The summed E-state index contributed by atoms with van der Waals surface area (Å²) in [6, 6.07) is 4.17. The molecule has 1 aromatic heterocycles. The molecule has 0 atom stereocenters. The highest BCUT2D eigenvalue weighted by molar-refractivity contribution is 5.18. The van der Waals surface area contributed by atoms with E-state index in [9.17, 15) is 0 Å². The lowest BCUT2D eigenvalue weighted by Crippen LogP contribution is -2.27. The quantitative estimate of drug-likeness (QED) is 0.822. The normalized spacial score (nSPS) is 17.8. The molecule has 1 fully saturated rings. The largest absolute Gasteiger partial charge is 0.312 e. The van der Waals surface area contributed by atoms with Crippen LogP contribution in [0.3, 0.4) is 0 Å². The second-order valence-electron chi connectivity index (χ2n) is 5.37. The fourth-order valence-electron chi connectivity index (χ4n) is 2.27. The lowest BCUT2D eigenvalue weighted by molar-refractivity contribution is 0.337. The standard InChI is InChI=1S/C14H22N2/c1-11(2)14(6-7-14)10-15-9-13-5-4-8-16-12(13)3/h4-5,8,11,15H,6-7,9-10H2,1-3H3. The summed E-state index contributed by atoms with van der Waals surface area (Å²) in [6.07, 6.45) is 4.64. The zero-order valence-electron chi connectivity index (χ0n) is 10.6. The maximum absolute atomic E-state index is 4.30. The minimum Gasteiger partial charge on any atom is -0.312 e. The van der Waals surface area contributed by atoms with Gasteiger partial charge in [-0.3, -0.25) is 4.98 Å². The molecule has 1 aliphatic carbocycles. The van der Waals surface area contributed by atoms with Crippen LogP contribution < -0.4 is 5.32 Å². The van der Waals surface area contributed by atoms with E-state index in [0.717, 1.165) is 24.7 Å². The second-order valence-corrected chi connectivity index (χ2v) is 5.37.